The Morgan fingerprint density at radius 2 is 1.68 bits per heavy atom. The average Bonchev–Trinajstić information content (AvgIpc) is 3.17. The number of benzene rings is 2. The molecule has 1 heterocycles. The third kappa shape index (κ3) is 6.48. The van der Waals surface area contributed by atoms with Crippen molar-refractivity contribution in [1.29, 1.82) is 0 Å². The number of carbonyl (C=O) groups excluding carboxylic acids is 1. The zero-order valence-corrected chi connectivity index (χ0v) is 19.6. The summed E-state index contributed by atoms with van der Waals surface area (Å²) < 4.78 is 17.6. The fraction of sp³-hybridized carbons (Fsp3) is 0.417. The average molecular weight is 490 g/mol. The molecular formula is C24H29NO5Se. The van der Waals surface area contributed by atoms with Crippen LogP contribution in [-0.4, -0.2) is 67.7 Å². The Morgan fingerprint density at radius 1 is 1.10 bits per heavy atom. The molecule has 2 unspecified atom stereocenters. The van der Waals surface area contributed by atoms with Crippen LogP contribution in [0.3, 0.4) is 0 Å². The maximum absolute atomic E-state index is 13.4. The van der Waals surface area contributed by atoms with E-state index in [9.17, 15) is 9.90 Å². The Labute approximate surface area is 191 Å². The molecule has 1 aliphatic rings. The van der Waals surface area contributed by atoms with Gasteiger partial charge in [-0.1, -0.05) is 0 Å². The van der Waals surface area contributed by atoms with Gasteiger partial charge in [-0.25, -0.2) is 0 Å². The quantitative estimate of drug-likeness (QED) is 0.518. The summed E-state index contributed by atoms with van der Waals surface area (Å²) in [6, 6.07) is 19.1. The van der Waals surface area contributed by atoms with Crippen LogP contribution < -0.4 is 0 Å². The van der Waals surface area contributed by atoms with Gasteiger partial charge in [0.05, 0.1) is 0 Å². The van der Waals surface area contributed by atoms with Gasteiger partial charge in [0, 0.05) is 0 Å². The molecule has 3 atom stereocenters. The van der Waals surface area contributed by atoms with Gasteiger partial charge in [-0.2, -0.15) is 0 Å². The molecule has 1 saturated heterocycles. The van der Waals surface area contributed by atoms with Crippen LogP contribution in [0.1, 0.15) is 25.0 Å². The van der Waals surface area contributed by atoms with Gasteiger partial charge in [0.2, 0.25) is 0 Å². The van der Waals surface area contributed by atoms with E-state index in [-0.39, 0.29) is 31.1 Å². The second-order valence-electron chi connectivity index (χ2n) is 7.88. The Morgan fingerprint density at radius 3 is 2.26 bits per heavy atom. The van der Waals surface area contributed by atoms with Gasteiger partial charge >= 0.3 is 191 Å². The van der Waals surface area contributed by atoms with Crippen LogP contribution in [0.25, 0.3) is 0 Å². The normalized spacial score (nSPS) is 18.1. The van der Waals surface area contributed by atoms with Gasteiger partial charge in [0.1, 0.15) is 0 Å². The van der Waals surface area contributed by atoms with E-state index < -0.39 is 12.2 Å². The van der Waals surface area contributed by atoms with Crippen molar-refractivity contribution in [3.63, 3.8) is 0 Å². The molecule has 31 heavy (non-hydrogen) atoms. The molecule has 0 aromatic heterocycles. The van der Waals surface area contributed by atoms with E-state index in [0.29, 0.717) is 17.9 Å². The monoisotopic (exact) mass is 491 g/mol. The van der Waals surface area contributed by atoms with Gasteiger partial charge in [-0.3, -0.25) is 0 Å². The summed E-state index contributed by atoms with van der Waals surface area (Å²) in [4.78, 5) is 15.0. The van der Waals surface area contributed by atoms with E-state index in [1.165, 1.54) is 0 Å². The van der Waals surface area contributed by atoms with Crippen LogP contribution in [0.5, 0.6) is 0 Å². The molecule has 1 N–H and O–H groups in total. The van der Waals surface area contributed by atoms with Crippen LogP contribution in [0.4, 0.5) is 0 Å². The van der Waals surface area contributed by atoms with Crippen LogP contribution in [0, 0.1) is 5.92 Å². The zero-order valence-electron chi connectivity index (χ0n) is 17.8. The molecule has 7 heteroatoms. The molecule has 0 bridgehead atoms. The second-order valence-corrected chi connectivity index (χ2v) is 8.61. The molecule has 1 aliphatic heterocycles. The van der Waals surface area contributed by atoms with E-state index in [1.54, 1.807) is 4.90 Å². The Bertz CT molecular complexity index is 846. The van der Waals surface area contributed by atoms with Gasteiger partial charge < -0.3 is 0 Å². The van der Waals surface area contributed by atoms with Crippen molar-refractivity contribution in [3.05, 3.63) is 71.8 Å². The van der Waals surface area contributed by atoms with Crippen molar-refractivity contribution in [2.75, 3.05) is 13.2 Å². The minimum absolute atomic E-state index is 0.0239. The molecule has 0 saturated carbocycles. The molecule has 0 spiro atoms. The van der Waals surface area contributed by atoms with Crippen molar-refractivity contribution < 1.29 is 24.1 Å². The number of hydrogen-bond donors (Lipinski definition) is 1. The molecule has 166 valence electrons. The fourth-order valence-corrected chi connectivity index (χ4v) is 4.00. The third-order valence-corrected chi connectivity index (χ3v) is 5.84. The van der Waals surface area contributed by atoms with E-state index in [4.69, 9.17) is 14.2 Å². The number of hydrogen-bond acceptors (Lipinski definition) is 5. The number of aliphatic hydroxyl groups excluding tert-OH is 1. The molecule has 1 fully saturated rings. The van der Waals surface area contributed by atoms with E-state index in [0.717, 1.165) is 11.1 Å². The number of amides is 1. The van der Waals surface area contributed by atoms with Crippen LogP contribution in [-0.2, 0) is 32.2 Å². The number of ether oxygens (including phenoxy) is 3. The predicted molar refractivity (Wildman–Crippen MR) is 119 cm³/mol. The van der Waals surface area contributed by atoms with Crippen LogP contribution in [0.2, 0.25) is 0 Å². The first-order chi connectivity index (χ1) is 15.0. The first-order valence-corrected chi connectivity index (χ1v) is 11.3. The van der Waals surface area contributed by atoms with Crippen molar-refractivity contribution in [3.8, 4) is 0 Å². The molecule has 6 nitrogen and oxygen atoms in total. The second kappa shape index (κ2) is 11.6. The molecule has 0 aliphatic carbocycles. The fourth-order valence-electron chi connectivity index (χ4n) is 3.38. The van der Waals surface area contributed by atoms with E-state index in [2.05, 4.69) is 15.6 Å². The number of carbonyl (C=O) groups is 1. The summed E-state index contributed by atoms with van der Waals surface area (Å²) in [5.41, 5.74) is 1.91. The van der Waals surface area contributed by atoms with E-state index >= 15 is 0 Å². The van der Waals surface area contributed by atoms with Crippen LogP contribution >= 0.6 is 0 Å². The van der Waals surface area contributed by atoms with Crippen molar-refractivity contribution in [2.45, 2.75) is 45.3 Å². The minimum atomic E-state index is -1.12. The topological polar surface area (TPSA) is 68.2 Å². The van der Waals surface area contributed by atoms with Gasteiger partial charge in [-0.05, 0) is 0 Å². The number of aliphatic hydroxyl groups is 1. The Hall–Kier alpha value is -2.02. The summed E-state index contributed by atoms with van der Waals surface area (Å²) in [5.74, 6) is -0.146. The number of nitrogens with zero attached hydrogens (tertiary/aromatic N) is 1. The first kappa shape index (κ1) is 23.6. The molecule has 3 rings (SSSR count). The van der Waals surface area contributed by atoms with Crippen molar-refractivity contribution >= 4 is 26.2 Å². The van der Waals surface area contributed by atoms with Crippen LogP contribution in [0.15, 0.2) is 60.7 Å². The summed E-state index contributed by atoms with van der Waals surface area (Å²) in [6.07, 6.45) is -2.21. The zero-order chi connectivity index (χ0) is 22.2. The van der Waals surface area contributed by atoms with Gasteiger partial charge in [0.15, 0.2) is 0 Å². The summed E-state index contributed by atoms with van der Waals surface area (Å²) in [6.45, 7) is 5.01. The molecule has 2 aromatic carbocycles. The molecule has 0 radical (unpaired) electrons. The molecule has 1 amide bonds. The SMILES string of the molecule is CC(C)[C@H]1COC(=[Se])N1C(=O)C(OCc1ccccc1)C(O)COCc1ccccc1. The third-order valence-electron chi connectivity index (χ3n) is 5.18. The van der Waals surface area contributed by atoms with Crippen molar-refractivity contribution in [1.82, 2.24) is 4.90 Å². The Kier molecular flexibility index (Phi) is 8.81. The summed E-state index contributed by atoms with van der Waals surface area (Å²) in [7, 11) is 0. The molecule has 2 aromatic rings. The number of rotatable bonds is 10. The Balaban J connectivity index is 1.70. The van der Waals surface area contributed by atoms with E-state index in [1.807, 2.05) is 74.5 Å². The van der Waals surface area contributed by atoms with Gasteiger partial charge in [0.25, 0.3) is 0 Å². The standard InChI is InChI=1S/C24H29NO5Se/c1-17(2)20-15-30-24(31)25(20)23(27)22(29-14-19-11-7-4-8-12-19)21(26)16-28-13-18-9-5-3-6-10-18/h3-12,17,20-22,26H,13-16H2,1-2H3/t20-,21?,22?/m1/s1. The summed E-state index contributed by atoms with van der Waals surface area (Å²) in [5, 5.41) is 10.8. The van der Waals surface area contributed by atoms with Gasteiger partial charge in [-0.15, -0.1) is 0 Å². The maximum atomic E-state index is 13.4. The van der Waals surface area contributed by atoms with Crippen molar-refractivity contribution in [2.24, 2.45) is 5.92 Å². The first-order valence-electron chi connectivity index (χ1n) is 10.4. The molecular weight excluding hydrogens is 461 g/mol. The summed E-state index contributed by atoms with van der Waals surface area (Å²) >= 11 is 2.82. The predicted octanol–water partition coefficient (Wildman–Crippen LogP) is 2.29.